The Hall–Kier alpha value is -2.29. The van der Waals surface area contributed by atoms with Crippen LogP contribution < -0.4 is 0 Å². The van der Waals surface area contributed by atoms with Gasteiger partial charge in [-0.2, -0.15) is 0 Å². The SMILES string of the molecule is O=CC(=C(c1ccc(F)cc1)c1ccc(F)cc1)C1CC1. The molecule has 0 bridgehead atoms. The lowest BCUT2D eigenvalue weighted by atomic mass is 9.91. The molecule has 21 heavy (non-hydrogen) atoms. The zero-order valence-electron chi connectivity index (χ0n) is 11.4. The molecule has 0 N–H and O–H groups in total. The first-order valence-corrected chi connectivity index (χ1v) is 6.90. The summed E-state index contributed by atoms with van der Waals surface area (Å²) in [6.45, 7) is 0. The van der Waals surface area contributed by atoms with E-state index in [4.69, 9.17) is 0 Å². The third-order valence-corrected chi connectivity index (χ3v) is 3.70. The largest absolute Gasteiger partial charge is 0.298 e. The average molecular weight is 284 g/mol. The van der Waals surface area contributed by atoms with Crippen LogP contribution in [0.1, 0.15) is 24.0 Å². The zero-order chi connectivity index (χ0) is 14.8. The van der Waals surface area contributed by atoms with Crippen molar-refractivity contribution in [3.8, 4) is 0 Å². The lowest BCUT2D eigenvalue weighted by Crippen LogP contribution is -1.98. The Morgan fingerprint density at radius 2 is 1.29 bits per heavy atom. The third-order valence-electron chi connectivity index (χ3n) is 3.70. The van der Waals surface area contributed by atoms with Gasteiger partial charge in [0.2, 0.25) is 0 Å². The molecule has 0 amide bonds. The Labute approximate surface area is 121 Å². The van der Waals surface area contributed by atoms with Gasteiger partial charge in [0.15, 0.2) is 0 Å². The summed E-state index contributed by atoms with van der Waals surface area (Å²) in [5.41, 5.74) is 3.04. The highest BCUT2D eigenvalue weighted by Gasteiger charge is 2.29. The highest BCUT2D eigenvalue weighted by Crippen LogP contribution is 2.41. The van der Waals surface area contributed by atoms with Gasteiger partial charge in [-0.15, -0.1) is 0 Å². The molecule has 0 heterocycles. The molecule has 0 saturated heterocycles. The summed E-state index contributed by atoms with van der Waals surface area (Å²) in [6.07, 6.45) is 2.85. The second-order valence-corrected chi connectivity index (χ2v) is 5.24. The van der Waals surface area contributed by atoms with E-state index >= 15 is 0 Å². The van der Waals surface area contributed by atoms with Crippen LogP contribution in [0.2, 0.25) is 0 Å². The summed E-state index contributed by atoms with van der Waals surface area (Å²) >= 11 is 0. The smallest absolute Gasteiger partial charge is 0.146 e. The van der Waals surface area contributed by atoms with Crippen LogP contribution in [-0.2, 0) is 4.79 Å². The fourth-order valence-electron chi connectivity index (χ4n) is 2.49. The average Bonchev–Trinajstić information content (AvgIpc) is 3.32. The van der Waals surface area contributed by atoms with Gasteiger partial charge in [-0.25, -0.2) is 8.78 Å². The van der Waals surface area contributed by atoms with Crippen molar-refractivity contribution in [1.82, 2.24) is 0 Å². The number of halogens is 2. The molecule has 0 atom stereocenters. The van der Waals surface area contributed by atoms with Crippen LogP contribution in [0.5, 0.6) is 0 Å². The van der Waals surface area contributed by atoms with E-state index in [1.54, 1.807) is 24.3 Å². The minimum absolute atomic E-state index is 0.257. The molecule has 1 aliphatic rings. The van der Waals surface area contributed by atoms with Crippen LogP contribution in [0.15, 0.2) is 54.1 Å². The first-order chi connectivity index (χ1) is 10.2. The van der Waals surface area contributed by atoms with Gasteiger partial charge in [0.1, 0.15) is 17.9 Å². The molecule has 3 rings (SSSR count). The molecular formula is C18H14F2O. The van der Waals surface area contributed by atoms with E-state index in [1.165, 1.54) is 24.3 Å². The van der Waals surface area contributed by atoms with E-state index in [1.807, 2.05) is 0 Å². The Morgan fingerprint density at radius 3 is 1.62 bits per heavy atom. The van der Waals surface area contributed by atoms with Crippen molar-refractivity contribution in [2.45, 2.75) is 12.8 Å². The number of hydrogen-bond donors (Lipinski definition) is 0. The normalized spacial score (nSPS) is 13.8. The zero-order valence-corrected chi connectivity index (χ0v) is 11.4. The van der Waals surface area contributed by atoms with Crippen molar-refractivity contribution >= 4 is 11.9 Å². The molecule has 1 fully saturated rings. The number of aldehydes is 1. The minimum Gasteiger partial charge on any atom is -0.298 e. The molecule has 0 aliphatic heterocycles. The molecule has 0 spiro atoms. The van der Waals surface area contributed by atoms with E-state index in [9.17, 15) is 13.6 Å². The van der Waals surface area contributed by atoms with Gasteiger partial charge in [-0.05, 0) is 59.7 Å². The predicted molar refractivity (Wildman–Crippen MR) is 77.6 cm³/mol. The maximum absolute atomic E-state index is 13.1. The van der Waals surface area contributed by atoms with Gasteiger partial charge in [-0.1, -0.05) is 24.3 Å². The number of hydrogen-bond acceptors (Lipinski definition) is 1. The first-order valence-electron chi connectivity index (χ1n) is 6.90. The maximum atomic E-state index is 13.1. The van der Waals surface area contributed by atoms with Crippen LogP contribution in [0.25, 0.3) is 5.57 Å². The van der Waals surface area contributed by atoms with Crippen molar-refractivity contribution in [3.05, 3.63) is 76.9 Å². The summed E-state index contributed by atoms with van der Waals surface area (Å²) < 4.78 is 26.2. The van der Waals surface area contributed by atoms with Crippen molar-refractivity contribution in [2.75, 3.05) is 0 Å². The van der Waals surface area contributed by atoms with E-state index in [0.29, 0.717) is 5.57 Å². The molecule has 0 aromatic heterocycles. The number of rotatable bonds is 4. The molecule has 0 unspecified atom stereocenters. The summed E-state index contributed by atoms with van der Waals surface area (Å²) in [7, 11) is 0. The standard InChI is InChI=1S/C18H14F2O/c19-15-7-3-13(4-8-15)18(17(11-21)12-1-2-12)14-5-9-16(20)10-6-14/h3-12H,1-2H2. The maximum Gasteiger partial charge on any atom is 0.146 e. The Kier molecular flexibility index (Phi) is 3.65. The molecule has 0 radical (unpaired) electrons. The second-order valence-electron chi connectivity index (χ2n) is 5.24. The lowest BCUT2D eigenvalue weighted by molar-refractivity contribution is -0.105. The van der Waals surface area contributed by atoms with E-state index in [0.717, 1.165) is 35.8 Å². The van der Waals surface area contributed by atoms with Gasteiger partial charge in [0, 0.05) is 5.57 Å². The lowest BCUT2D eigenvalue weighted by Gasteiger charge is -2.12. The van der Waals surface area contributed by atoms with Crippen LogP contribution in [0, 0.1) is 17.6 Å². The van der Waals surface area contributed by atoms with Crippen LogP contribution in [0.3, 0.4) is 0 Å². The molecule has 3 heteroatoms. The number of carbonyl (C=O) groups excluding carboxylic acids is 1. The molecule has 1 nitrogen and oxygen atoms in total. The van der Waals surface area contributed by atoms with Crippen molar-refractivity contribution in [2.24, 2.45) is 5.92 Å². The summed E-state index contributed by atoms with van der Waals surface area (Å²) in [5, 5.41) is 0. The molecular weight excluding hydrogens is 270 g/mol. The fraction of sp³-hybridized carbons (Fsp3) is 0.167. The Balaban J connectivity index is 2.17. The third kappa shape index (κ3) is 2.92. The topological polar surface area (TPSA) is 17.1 Å². The Morgan fingerprint density at radius 1 is 0.857 bits per heavy atom. The van der Waals surface area contributed by atoms with Crippen LogP contribution >= 0.6 is 0 Å². The highest BCUT2D eigenvalue weighted by atomic mass is 19.1. The van der Waals surface area contributed by atoms with E-state index in [2.05, 4.69) is 0 Å². The molecule has 106 valence electrons. The van der Waals surface area contributed by atoms with E-state index < -0.39 is 0 Å². The number of allylic oxidation sites excluding steroid dienone is 1. The second kappa shape index (κ2) is 5.60. The fourth-order valence-corrected chi connectivity index (χ4v) is 2.49. The molecule has 1 aliphatic carbocycles. The van der Waals surface area contributed by atoms with Crippen molar-refractivity contribution in [1.29, 1.82) is 0 Å². The Bertz CT molecular complexity index is 633. The summed E-state index contributed by atoms with van der Waals surface area (Å²) in [4.78, 5) is 11.5. The van der Waals surface area contributed by atoms with Gasteiger partial charge in [0.05, 0.1) is 0 Å². The monoisotopic (exact) mass is 284 g/mol. The van der Waals surface area contributed by atoms with Crippen LogP contribution in [0.4, 0.5) is 8.78 Å². The summed E-state index contributed by atoms with van der Waals surface area (Å²) in [6, 6.07) is 12.1. The van der Waals surface area contributed by atoms with Crippen molar-refractivity contribution < 1.29 is 13.6 Å². The van der Waals surface area contributed by atoms with Gasteiger partial charge in [-0.3, -0.25) is 4.79 Å². The number of carbonyl (C=O) groups is 1. The summed E-state index contributed by atoms with van der Waals surface area (Å²) in [5.74, 6) is -0.389. The van der Waals surface area contributed by atoms with Gasteiger partial charge >= 0.3 is 0 Å². The van der Waals surface area contributed by atoms with E-state index in [-0.39, 0.29) is 17.6 Å². The molecule has 2 aromatic rings. The minimum atomic E-state index is -0.323. The number of benzene rings is 2. The predicted octanol–water partition coefficient (Wildman–Crippen LogP) is 4.38. The van der Waals surface area contributed by atoms with Crippen molar-refractivity contribution in [3.63, 3.8) is 0 Å². The quantitative estimate of drug-likeness (QED) is 0.601. The first kappa shape index (κ1) is 13.7. The van der Waals surface area contributed by atoms with Gasteiger partial charge in [0.25, 0.3) is 0 Å². The van der Waals surface area contributed by atoms with Gasteiger partial charge < -0.3 is 0 Å². The molecule has 1 saturated carbocycles. The highest BCUT2D eigenvalue weighted by molar-refractivity contribution is 5.95. The molecule has 2 aromatic carbocycles. The van der Waals surface area contributed by atoms with Crippen LogP contribution in [-0.4, -0.2) is 6.29 Å².